The highest BCUT2D eigenvalue weighted by Gasteiger charge is 2.21. The summed E-state index contributed by atoms with van der Waals surface area (Å²) in [6.07, 6.45) is 18.3. The molecule has 3 heteroatoms. The number of hydrogen-bond acceptors (Lipinski definition) is 3. The summed E-state index contributed by atoms with van der Waals surface area (Å²) in [5.41, 5.74) is 0. The first-order chi connectivity index (χ1) is 7.92. The van der Waals surface area contributed by atoms with E-state index in [9.17, 15) is 0 Å². The van der Waals surface area contributed by atoms with Gasteiger partial charge in [0, 0.05) is 6.54 Å². The molecule has 0 bridgehead atoms. The van der Waals surface area contributed by atoms with Gasteiger partial charge in [-0.05, 0) is 43.1 Å². The van der Waals surface area contributed by atoms with Crippen LogP contribution in [0.1, 0.15) is 13.3 Å². The van der Waals surface area contributed by atoms with Crippen LogP contribution in [0.15, 0.2) is 48.9 Å². The molecule has 0 aromatic rings. The van der Waals surface area contributed by atoms with Gasteiger partial charge in [-0.3, -0.25) is 4.90 Å². The van der Waals surface area contributed by atoms with E-state index in [1.807, 2.05) is 24.6 Å². The van der Waals surface area contributed by atoms with Crippen LogP contribution in [0.5, 0.6) is 0 Å². The van der Waals surface area contributed by atoms with Crippen molar-refractivity contribution in [3.05, 3.63) is 48.9 Å². The summed E-state index contributed by atoms with van der Waals surface area (Å²) < 4.78 is 0. The summed E-state index contributed by atoms with van der Waals surface area (Å²) in [6, 6.07) is 0. The quantitative estimate of drug-likeness (QED) is 0.750. The maximum absolute atomic E-state index is 3.36. The molecule has 2 unspecified atom stereocenters. The molecule has 0 radical (unpaired) electrons. The van der Waals surface area contributed by atoms with Crippen molar-refractivity contribution in [1.82, 2.24) is 15.5 Å². The van der Waals surface area contributed by atoms with Crippen LogP contribution in [0.4, 0.5) is 0 Å². The number of nitrogens with one attached hydrogen (secondary N) is 2. The molecule has 2 heterocycles. The van der Waals surface area contributed by atoms with Crippen molar-refractivity contribution >= 4 is 0 Å². The van der Waals surface area contributed by atoms with E-state index in [1.165, 1.54) is 0 Å². The maximum Gasteiger partial charge on any atom is 0.100 e. The Balaban J connectivity index is 2.04. The van der Waals surface area contributed by atoms with Gasteiger partial charge < -0.3 is 10.6 Å². The van der Waals surface area contributed by atoms with E-state index in [-0.39, 0.29) is 12.3 Å². The van der Waals surface area contributed by atoms with E-state index in [4.69, 9.17) is 0 Å². The Morgan fingerprint density at radius 3 is 1.88 bits per heavy atom. The molecular weight excluding hydrogens is 198 g/mol. The molecule has 2 N–H and O–H groups in total. The minimum Gasteiger partial charge on any atom is -0.372 e. The van der Waals surface area contributed by atoms with Crippen LogP contribution in [0.3, 0.4) is 0 Å². The highest BCUT2D eigenvalue weighted by molar-refractivity contribution is 5.16. The summed E-state index contributed by atoms with van der Waals surface area (Å²) in [5, 5.41) is 6.72. The molecule has 2 aliphatic heterocycles. The molecule has 0 fully saturated rings. The lowest BCUT2D eigenvalue weighted by Gasteiger charge is -2.36. The van der Waals surface area contributed by atoms with E-state index in [2.05, 4.69) is 46.8 Å². The molecule has 2 aliphatic rings. The predicted octanol–water partition coefficient (Wildman–Crippen LogP) is 1.70. The standard InChI is InChI=1S/C13H19N3/c1-2-11-16(12-7-3-5-9-14-12)13-8-4-6-10-15-13/h3-10,12-15H,2,11H2,1H3. The van der Waals surface area contributed by atoms with Gasteiger partial charge in [-0.15, -0.1) is 0 Å². The van der Waals surface area contributed by atoms with E-state index in [0.717, 1.165) is 13.0 Å². The topological polar surface area (TPSA) is 27.3 Å². The average molecular weight is 217 g/mol. The Kier molecular flexibility index (Phi) is 3.83. The van der Waals surface area contributed by atoms with Gasteiger partial charge in [0.15, 0.2) is 0 Å². The fourth-order valence-corrected chi connectivity index (χ4v) is 1.99. The zero-order valence-electron chi connectivity index (χ0n) is 9.63. The molecule has 86 valence electrons. The van der Waals surface area contributed by atoms with Gasteiger partial charge in [-0.1, -0.05) is 19.1 Å². The lowest BCUT2D eigenvalue weighted by atomic mass is 10.2. The Labute approximate surface area is 97.2 Å². The van der Waals surface area contributed by atoms with Crippen LogP contribution in [-0.2, 0) is 0 Å². The number of rotatable bonds is 4. The second kappa shape index (κ2) is 5.56. The molecule has 2 atom stereocenters. The van der Waals surface area contributed by atoms with Crippen molar-refractivity contribution in [3.63, 3.8) is 0 Å². The van der Waals surface area contributed by atoms with Gasteiger partial charge >= 0.3 is 0 Å². The average Bonchev–Trinajstić information content (AvgIpc) is 2.38. The number of allylic oxidation sites excluding steroid dienone is 4. The Morgan fingerprint density at radius 2 is 1.50 bits per heavy atom. The Hall–Kier alpha value is -1.48. The van der Waals surface area contributed by atoms with Gasteiger partial charge in [0.25, 0.3) is 0 Å². The van der Waals surface area contributed by atoms with E-state index < -0.39 is 0 Å². The first-order valence-electron chi connectivity index (χ1n) is 5.86. The third kappa shape index (κ3) is 2.55. The minimum atomic E-state index is 0.276. The Morgan fingerprint density at radius 1 is 0.938 bits per heavy atom. The van der Waals surface area contributed by atoms with Crippen molar-refractivity contribution < 1.29 is 0 Å². The van der Waals surface area contributed by atoms with Gasteiger partial charge in [0.2, 0.25) is 0 Å². The molecule has 0 amide bonds. The normalized spacial score (nSPS) is 26.9. The Bertz CT molecular complexity index is 298. The fourth-order valence-electron chi connectivity index (χ4n) is 1.99. The summed E-state index contributed by atoms with van der Waals surface area (Å²) in [4.78, 5) is 2.40. The van der Waals surface area contributed by atoms with Crippen LogP contribution in [0.2, 0.25) is 0 Å². The molecule has 3 nitrogen and oxygen atoms in total. The van der Waals surface area contributed by atoms with Crippen molar-refractivity contribution in [2.24, 2.45) is 0 Å². The lowest BCUT2D eigenvalue weighted by Crippen LogP contribution is -2.53. The van der Waals surface area contributed by atoms with Gasteiger partial charge in [-0.2, -0.15) is 0 Å². The van der Waals surface area contributed by atoms with Crippen LogP contribution in [0, 0.1) is 0 Å². The third-order valence-electron chi connectivity index (χ3n) is 2.73. The van der Waals surface area contributed by atoms with Crippen molar-refractivity contribution in [2.45, 2.75) is 25.7 Å². The number of dihydropyridines is 2. The molecule has 0 aromatic carbocycles. The SMILES string of the molecule is CCCN(C1C=CC=CN1)C1C=CC=CN1. The highest BCUT2D eigenvalue weighted by atomic mass is 15.3. The van der Waals surface area contributed by atoms with Gasteiger partial charge in [0.1, 0.15) is 12.3 Å². The molecule has 0 aromatic heterocycles. The minimum absolute atomic E-state index is 0.276. The van der Waals surface area contributed by atoms with Crippen LogP contribution < -0.4 is 10.6 Å². The summed E-state index contributed by atoms with van der Waals surface area (Å²) >= 11 is 0. The molecule has 0 saturated carbocycles. The molecule has 0 saturated heterocycles. The molecule has 0 aliphatic carbocycles. The van der Waals surface area contributed by atoms with E-state index in [0.29, 0.717) is 0 Å². The predicted molar refractivity (Wildman–Crippen MR) is 67.4 cm³/mol. The summed E-state index contributed by atoms with van der Waals surface area (Å²) in [5.74, 6) is 0. The van der Waals surface area contributed by atoms with Crippen molar-refractivity contribution in [3.8, 4) is 0 Å². The number of hydrogen-bond donors (Lipinski definition) is 2. The van der Waals surface area contributed by atoms with E-state index >= 15 is 0 Å². The van der Waals surface area contributed by atoms with Crippen LogP contribution >= 0.6 is 0 Å². The number of nitrogens with zero attached hydrogens (tertiary/aromatic N) is 1. The second-order valence-corrected chi connectivity index (χ2v) is 3.95. The first-order valence-corrected chi connectivity index (χ1v) is 5.86. The fraction of sp³-hybridized carbons (Fsp3) is 0.385. The second-order valence-electron chi connectivity index (χ2n) is 3.95. The van der Waals surface area contributed by atoms with E-state index in [1.54, 1.807) is 0 Å². The summed E-state index contributed by atoms with van der Waals surface area (Å²) in [7, 11) is 0. The molecule has 16 heavy (non-hydrogen) atoms. The molecular formula is C13H19N3. The lowest BCUT2D eigenvalue weighted by molar-refractivity contribution is 0.159. The molecule has 2 rings (SSSR count). The maximum atomic E-state index is 3.36. The van der Waals surface area contributed by atoms with Gasteiger partial charge in [0.05, 0.1) is 0 Å². The monoisotopic (exact) mass is 217 g/mol. The smallest absolute Gasteiger partial charge is 0.100 e. The summed E-state index contributed by atoms with van der Waals surface area (Å²) in [6.45, 7) is 3.27. The first kappa shape index (κ1) is 11.0. The zero-order chi connectivity index (χ0) is 11.2. The van der Waals surface area contributed by atoms with Gasteiger partial charge in [-0.25, -0.2) is 0 Å². The van der Waals surface area contributed by atoms with Crippen molar-refractivity contribution in [2.75, 3.05) is 6.54 Å². The zero-order valence-corrected chi connectivity index (χ0v) is 9.63. The third-order valence-corrected chi connectivity index (χ3v) is 2.73. The molecule has 0 spiro atoms. The largest absolute Gasteiger partial charge is 0.372 e. The van der Waals surface area contributed by atoms with Crippen molar-refractivity contribution in [1.29, 1.82) is 0 Å². The van der Waals surface area contributed by atoms with Crippen LogP contribution in [-0.4, -0.2) is 23.8 Å². The highest BCUT2D eigenvalue weighted by Crippen LogP contribution is 2.10. The van der Waals surface area contributed by atoms with Crippen LogP contribution in [0.25, 0.3) is 0 Å².